The van der Waals surface area contributed by atoms with Crippen LogP contribution >= 0.6 is 0 Å². The third-order valence-electron chi connectivity index (χ3n) is 4.54. The Morgan fingerprint density at radius 1 is 1.31 bits per heavy atom. The summed E-state index contributed by atoms with van der Waals surface area (Å²) < 4.78 is 15.4. The third kappa shape index (κ3) is 2.38. The van der Waals surface area contributed by atoms with Crippen molar-refractivity contribution in [2.24, 2.45) is 7.05 Å². The van der Waals surface area contributed by atoms with Gasteiger partial charge in [-0.05, 0) is 23.8 Å². The number of nitrogens with one attached hydrogen (secondary N) is 1. The normalized spacial score (nSPS) is 13.4. The topological polar surface area (TPSA) is 106 Å². The number of carbonyl (C=O) groups excluding carboxylic acids is 1. The number of nitrogens with two attached hydrogens (primary N) is 1. The molecular formula is C18H16FN5O2. The highest BCUT2D eigenvalue weighted by Crippen LogP contribution is 2.40. The second-order valence-corrected chi connectivity index (χ2v) is 6.08. The van der Waals surface area contributed by atoms with Gasteiger partial charge in [-0.2, -0.15) is 0 Å². The van der Waals surface area contributed by atoms with Crippen LogP contribution in [0, 0.1) is 5.82 Å². The zero-order valence-electron chi connectivity index (χ0n) is 14.0. The number of hydrogen-bond donors (Lipinski definition) is 3. The minimum absolute atomic E-state index is 0.110. The highest BCUT2D eigenvalue weighted by molar-refractivity contribution is 6.06. The molecule has 0 fully saturated rings. The maximum Gasteiger partial charge on any atom is 0.253 e. The number of rotatable bonds is 2. The molecule has 8 heteroatoms. The van der Waals surface area contributed by atoms with Crippen molar-refractivity contribution in [3.05, 3.63) is 47.5 Å². The molecule has 4 N–H and O–H groups in total. The van der Waals surface area contributed by atoms with Gasteiger partial charge in [0.25, 0.3) is 5.91 Å². The predicted molar refractivity (Wildman–Crippen MR) is 93.9 cm³/mol. The molecule has 0 saturated carbocycles. The molecule has 1 aromatic carbocycles. The molecule has 0 bridgehead atoms. The van der Waals surface area contributed by atoms with Gasteiger partial charge in [-0.15, -0.1) is 0 Å². The fourth-order valence-corrected chi connectivity index (χ4v) is 3.41. The van der Waals surface area contributed by atoms with Gasteiger partial charge in [0.1, 0.15) is 0 Å². The smallest absolute Gasteiger partial charge is 0.253 e. The van der Waals surface area contributed by atoms with Crippen molar-refractivity contribution in [2.45, 2.75) is 6.42 Å². The number of halogens is 1. The van der Waals surface area contributed by atoms with Gasteiger partial charge in [-0.1, -0.05) is 6.07 Å². The summed E-state index contributed by atoms with van der Waals surface area (Å²) in [5.74, 6) is -1.31. The van der Waals surface area contributed by atoms with E-state index in [1.807, 2.05) is 11.6 Å². The highest BCUT2D eigenvalue weighted by atomic mass is 19.1. The van der Waals surface area contributed by atoms with E-state index in [9.17, 15) is 14.3 Å². The van der Waals surface area contributed by atoms with Gasteiger partial charge in [0.15, 0.2) is 11.6 Å². The lowest BCUT2D eigenvalue weighted by atomic mass is 9.96. The van der Waals surface area contributed by atoms with Crippen molar-refractivity contribution in [2.75, 3.05) is 12.3 Å². The maximum atomic E-state index is 13.5. The van der Waals surface area contributed by atoms with Crippen molar-refractivity contribution in [3.8, 4) is 28.3 Å². The highest BCUT2D eigenvalue weighted by Gasteiger charge is 2.30. The lowest BCUT2D eigenvalue weighted by Gasteiger charge is -2.15. The summed E-state index contributed by atoms with van der Waals surface area (Å²) >= 11 is 0. The summed E-state index contributed by atoms with van der Waals surface area (Å²) in [5.41, 5.74) is 9.37. The van der Waals surface area contributed by atoms with Crippen molar-refractivity contribution < 1.29 is 14.3 Å². The summed E-state index contributed by atoms with van der Waals surface area (Å²) in [6.45, 7) is 0.531. The van der Waals surface area contributed by atoms with E-state index in [1.165, 1.54) is 24.4 Å². The molecule has 1 aliphatic heterocycles. The van der Waals surface area contributed by atoms with Gasteiger partial charge in [-0.25, -0.2) is 14.4 Å². The quantitative estimate of drug-likeness (QED) is 0.652. The molecule has 0 radical (unpaired) electrons. The van der Waals surface area contributed by atoms with Crippen LogP contribution in [0.25, 0.3) is 22.5 Å². The molecule has 3 aromatic rings. The number of aromatic hydroxyl groups is 1. The average Bonchev–Trinajstić information content (AvgIpc) is 2.92. The summed E-state index contributed by atoms with van der Waals surface area (Å²) in [4.78, 5) is 20.8. The molecule has 132 valence electrons. The number of aromatic nitrogens is 3. The van der Waals surface area contributed by atoms with Gasteiger partial charge in [0.05, 0.1) is 17.0 Å². The second-order valence-electron chi connectivity index (χ2n) is 6.08. The Labute approximate surface area is 148 Å². The molecule has 26 heavy (non-hydrogen) atoms. The third-order valence-corrected chi connectivity index (χ3v) is 4.54. The number of phenols is 1. The van der Waals surface area contributed by atoms with Gasteiger partial charge < -0.3 is 20.7 Å². The van der Waals surface area contributed by atoms with Crippen molar-refractivity contribution in [1.29, 1.82) is 0 Å². The fraction of sp³-hybridized carbons (Fsp3) is 0.167. The Bertz CT molecular complexity index is 1040. The largest absolute Gasteiger partial charge is 0.505 e. The number of hydrogen-bond acceptors (Lipinski definition) is 5. The number of fused-ring (bicyclic) bond motifs is 1. The molecule has 0 saturated heterocycles. The van der Waals surface area contributed by atoms with Crippen LogP contribution in [0.2, 0.25) is 0 Å². The standard InChI is InChI=1S/C18H16FN5O2/c1-24-12-5-7-21-17(26)15(12)14(9-2-3-10(19)13(25)8-9)16(24)11-4-6-22-18(20)23-11/h2-4,6,8,25H,5,7H2,1H3,(H,21,26)(H2,20,22,23). The summed E-state index contributed by atoms with van der Waals surface area (Å²) in [6, 6.07) is 5.70. The van der Waals surface area contributed by atoms with E-state index in [4.69, 9.17) is 5.73 Å². The van der Waals surface area contributed by atoms with E-state index < -0.39 is 11.6 Å². The molecule has 0 aliphatic carbocycles. The van der Waals surface area contributed by atoms with E-state index >= 15 is 0 Å². The number of benzene rings is 1. The minimum Gasteiger partial charge on any atom is -0.505 e. The first kappa shape index (κ1) is 16.1. The van der Waals surface area contributed by atoms with E-state index in [0.717, 1.165) is 5.69 Å². The molecule has 4 rings (SSSR count). The van der Waals surface area contributed by atoms with Gasteiger partial charge in [-0.3, -0.25) is 4.79 Å². The SMILES string of the molecule is Cn1c2c(c(-c3ccc(F)c(O)c3)c1-c1ccnc(N)n1)C(=O)NCC2. The molecular weight excluding hydrogens is 337 g/mol. The van der Waals surface area contributed by atoms with Crippen LogP contribution in [0.4, 0.5) is 10.3 Å². The average molecular weight is 353 g/mol. The second kappa shape index (κ2) is 5.83. The van der Waals surface area contributed by atoms with Crippen LogP contribution in [0.15, 0.2) is 30.5 Å². The molecule has 1 amide bonds. The molecule has 0 atom stereocenters. The number of nitrogens with zero attached hydrogens (tertiary/aromatic N) is 3. The molecule has 0 unspecified atom stereocenters. The zero-order chi connectivity index (χ0) is 18.4. The molecule has 0 spiro atoms. The molecule has 2 aromatic heterocycles. The number of amides is 1. The summed E-state index contributed by atoms with van der Waals surface area (Å²) in [7, 11) is 1.85. The molecule has 3 heterocycles. The van der Waals surface area contributed by atoms with Gasteiger partial charge in [0, 0.05) is 37.5 Å². The number of nitrogen functional groups attached to an aromatic ring is 1. The first-order valence-corrected chi connectivity index (χ1v) is 8.05. The van der Waals surface area contributed by atoms with Crippen LogP contribution in [0.1, 0.15) is 16.1 Å². The first-order valence-electron chi connectivity index (χ1n) is 8.05. The predicted octanol–water partition coefficient (Wildman–Crippen LogP) is 1.86. The van der Waals surface area contributed by atoms with Crippen LogP contribution < -0.4 is 11.1 Å². The number of carbonyl (C=O) groups is 1. The Morgan fingerprint density at radius 2 is 2.12 bits per heavy atom. The molecule has 7 nitrogen and oxygen atoms in total. The van der Waals surface area contributed by atoms with E-state index in [0.29, 0.717) is 41.0 Å². The van der Waals surface area contributed by atoms with Crippen LogP contribution in [0.5, 0.6) is 5.75 Å². The van der Waals surface area contributed by atoms with Crippen molar-refractivity contribution in [1.82, 2.24) is 19.9 Å². The van der Waals surface area contributed by atoms with E-state index in [-0.39, 0.29) is 11.9 Å². The number of anilines is 1. The molecule has 1 aliphatic rings. The maximum absolute atomic E-state index is 13.5. The monoisotopic (exact) mass is 353 g/mol. The summed E-state index contributed by atoms with van der Waals surface area (Å²) in [5, 5.41) is 12.6. The lowest BCUT2D eigenvalue weighted by Crippen LogP contribution is -2.32. The number of phenolic OH excluding ortho intramolecular Hbond substituents is 1. The Hall–Kier alpha value is -3.42. The first-order chi connectivity index (χ1) is 12.5. The minimum atomic E-state index is -0.726. The summed E-state index contributed by atoms with van der Waals surface area (Å²) in [6.07, 6.45) is 2.19. The Balaban J connectivity index is 2.08. The lowest BCUT2D eigenvalue weighted by molar-refractivity contribution is 0.0946. The van der Waals surface area contributed by atoms with Crippen LogP contribution in [-0.4, -0.2) is 32.1 Å². The van der Waals surface area contributed by atoms with Gasteiger partial charge >= 0.3 is 0 Å². The van der Waals surface area contributed by atoms with Crippen molar-refractivity contribution >= 4 is 11.9 Å². The zero-order valence-corrected chi connectivity index (χ0v) is 14.0. The van der Waals surface area contributed by atoms with Crippen LogP contribution in [-0.2, 0) is 13.5 Å². The Morgan fingerprint density at radius 3 is 2.85 bits per heavy atom. The van der Waals surface area contributed by atoms with Crippen LogP contribution in [0.3, 0.4) is 0 Å². The van der Waals surface area contributed by atoms with Gasteiger partial charge in [0.2, 0.25) is 5.95 Å². The van der Waals surface area contributed by atoms with Crippen molar-refractivity contribution in [3.63, 3.8) is 0 Å². The Kier molecular flexibility index (Phi) is 3.61. The van der Waals surface area contributed by atoms with E-state index in [1.54, 1.807) is 6.07 Å². The van der Waals surface area contributed by atoms with E-state index in [2.05, 4.69) is 15.3 Å². The fourth-order valence-electron chi connectivity index (χ4n) is 3.41.